The number of anilines is 1. The monoisotopic (exact) mass is 259 g/mol. The lowest BCUT2D eigenvalue weighted by atomic mass is 9.91. The summed E-state index contributed by atoms with van der Waals surface area (Å²) in [5, 5.41) is 9.09. The van der Waals surface area contributed by atoms with Crippen LogP contribution in [0.25, 0.3) is 0 Å². The Bertz CT molecular complexity index is 444. The number of rotatable bonds is 6. The van der Waals surface area contributed by atoms with Crippen molar-refractivity contribution in [3.8, 4) is 6.07 Å². The first kappa shape index (κ1) is 15.5. The van der Waals surface area contributed by atoms with Gasteiger partial charge in [-0.2, -0.15) is 5.26 Å². The second-order valence-corrected chi connectivity index (χ2v) is 6.01. The summed E-state index contributed by atoms with van der Waals surface area (Å²) in [5.41, 5.74) is 7.73. The van der Waals surface area contributed by atoms with Crippen molar-refractivity contribution in [2.45, 2.75) is 46.7 Å². The molecule has 0 aliphatic rings. The van der Waals surface area contributed by atoms with Gasteiger partial charge in [-0.25, -0.2) is 0 Å². The molecule has 0 saturated heterocycles. The third-order valence-corrected chi connectivity index (χ3v) is 3.49. The molecule has 19 heavy (non-hydrogen) atoms. The van der Waals surface area contributed by atoms with Crippen molar-refractivity contribution in [3.63, 3.8) is 0 Å². The van der Waals surface area contributed by atoms with Gasteiger partial charge in [-0.05, 0) is 45.7 Å². The summed E-state index contributed by atoms with van der Waals surface area (Å²) in [4.78, 5) is 2.37. The molecule has 0 radical (unpaired) electrons. The maximum Gasteiger partial charge on any atom is 0.0684 e. The predicted molar refractivity (Wildman–Crippen MR) is 80.4 cm³/mol. The number of nitriles is 1. The van der Waals surface area contributed by atoms with E-state index in [0.29, 0.717) is 6.04 Å². The highest BCUT2D eigenvalue weighted by Gasteiger charge is 2.20. The summed E-state index contributed by atoms with van der Waals surface area (Å²) in [7, 11) is 0. The van der Waals surface area contributed by atoms with Gasteiger partial charge in [-0.15, -0.1) is 0 Å². The molecule has 0 amide bonds. The Morgan fingerprint density at radius 3 is 2.47 bits per heavy atom. The number of benzene rings is 1. The SMILES string of the molecule is CC(C)N(CCC(C)(C)C#N)Cc1ccccc1N. The van der Waals surface area contributed by atoms with Crippen molar-refractivity contribution in [3.05, 3.63) is 29.8 Å². The van der Waals surface area contributed by atoms with Crippen LogP contribution in [-0.2, 0) is 6.54 Å². The first-order valence-electron chi connectivity index (χ1n) is 6.84. The first-order chi connectivity index (χ1) is 8.85. The molecule has 0 aliphatic heterocycles. The molecule has 0 atom stereocenters. The van der Waals surface area contributed by atoms with Crippen LogP contribution < -0.4 is 5.73 Å². The topological polar surface area (TPSA) is 53.0 Å². The Morgan fingerprint density at radius 1 is 1.32 bits per heavy atom. The Balaban J connectivity index is 2.70. The average Bonchev–Trinajstić information content (AvgIpc) is 2.36. The summed E-state index contributed by atoms with van der Waals surface area (Å²) < 4.78 is 0. The first-order valence-corrected chi connectivity index (χ1v) is 6.84. The number of hydrogen-bond donors (Lipinski definition) is 1. The van der Waals surface area contributed by atoms with Crippen LogP contribution in [0, 0.1) is 16.7 Å². The highest BCUT2D eigenvalue weighted by molar-refractivity contribution is 5.46. The van der Waals surface area contributed by atoms with Crippen LogP contribution in [0.2, 0.25) is 0 Å². The standard InChI is InChI=1S/C16H25N3/c1-13(2)19(10-9-16(3,4)12-17)11-14-7-5-6-8-15(14)18/h5-8,13H,9-11,18H2,1-4H3. The largest absolute Gasteiger partial charge is 0.398 e. The van der Waals surface area contributed by atoms with Crippen LogP contribution in [-0.4, -0.2) is 17.5 Å². The second-order valence-electron chi connectivity index (χ2n) is 6.01. The molecule has 0 aliphatic carbocycles. The minimum Gasteiger partial charge on any atom is -0.398 e. The van der Waals surface area contributed by atoms with Crippen molar-refractivity contribution < 1.29 is 0 Å². The van der Waals surface area contributed by atoms with Gasteiger partial charge in [0.2, 0.25) is 0 Å². The van der Waals surface area contributed by atoms with Gasteiger partial charge >= 0.3 is 0 Å². The summed E-state index contributed by atoms with van der Waals surface area (Å²) in [6.45, 7) is 10.1. The molecule has 2 N–H and O–H groups in total. The van der Waals surface area contributed by atoms with E-state index in [9.17, 15) is 0 Å². The van der Waals surface area contributed by atoms with Gasteiger partial charge in [0.05, 0.1) is 11.5 Å². The third kappa shape index (κ3) is 4.92. The number of para-hydroxylation sites is 1. The van der Waals surface area contributed by atoms with Crippen LogP contribution >= 0.6 is 0 Å². The predicted octanol–water partition coefficient (Wildman–Crippen LogP) is 3.42. The van der Waals surface area contributed by atoms with E-state index in [1.807, 2.05) is 32.0 Å². The van der Waals surface area contributed by atoms with Crippen molar-refractivity contribution in [2.24, 2.45) is 5.41 Å². The quantitative estimate of drug-likeness (QED) is 0.796. The van der Waals surface area contributed by atoms with E-state index in [-0.39, 0.29) is 5.41 Å². The summed E-state index contributed by atoms with van der Waals surface area (Å²) in [5.74, 6) is 0. The normalized spacial score (nSPS) is 11.8. The molecule has 0 heterocycles. The molecule has 0 unspecified atom stereocenters. The molecule has 104 valence electrons. The molecule has 0 aromatic heterocycles. The van der Waals surface area contributed by atoms with Crippen molar-refractivity contribution >= 4 is 5.69 Å². The molecule has 1 rings (SSSR count). The van der Waals surface area contributed by atoms with Gasteiger partial charge in [0.15, 0.2) is 0 Å². The molecule has 0 saturated carbocycles. The maximum atomic E-state index is 9.09. The van der Waals surface area contributed by atoms with Crippen LogP contribution in [0.15, 0.2) is 24.3 Å². The average molecular weight is 259 g/mol. The van der Waals surface area contributed by atoms with E-state index in [1.54, 1.807) is 0 Å². The Morgan fingerprint density at radius 2 is 1.95 bits per heavy atom. The van der Waals surface area contributed by atoms with Crippen molar-refractivity contribution in [1.82, 2.24) is 4.90 Å². The van der Waals surface area contributed by atoms with E-state index in [2.05, 4.69) is 30.9 Å². The molecule has 3 heteroatoms. The molecule has 0 spiro atoms. The smallest absolute Gasteiger partial charge is 0.0684 e. The zero-order valence-corrected chi connectivity index (χ0v) is 12.5. The number of nitrogens with zero attached hydrogens (tertiary/aromatic N) is 2. The lowest BCUT2D eigenvalue weighted by Crippen LogP contribution is -2.33. The highest BCUT2D eigenvalue weighted by atomic mass is 15.1. The summed E-state index contributed by atoms with van der Waals surface area (Å²) in [6.07, 6.45) is 0.869. The van der Waals surface area contributed by atoms with E-state index < -0.39 is 0 Å². The Hall–Kier alpha value is -1.53. The lowest BCUT2D eigenvalue weighted by Gasteiger charge is -2.29. The number of nitrogen functional groups attached to an aromatic ring is 1. The fourth-order valence-corrected chi connectivity index (χ4v) is 1.90. The van der Waals surface area contributed by atoms with Crippen LogP contribution in [0.1, 0.15) is 39.7 Å². The van der Waals surface area contributed by atoms with Gasteiger partial charge in [-0.1, -0.05) is 18.2 Å². The van der Waals surface area contributed by atoms with Crippen LogP contribution in [0.4, 0.5) is 5.69 Å². The van der Waals surface area contributed by atoms with Gasteiger partial charge in [-0.3, -0.25) is 4.90 Å². The van der Waals surface area contributed by atoms with Gasteiger partial charge in [0, 0.05) is 24.8 Å². The zero-order valence-electron chi connectivity index (χ0n) is 12.5. The summed E-state index contributed by atoms with van der Waals surface area (Å²) in [6, 6.07) is 10.8. The second kappa shape index (κ2) is 6.58. The molecule has 0 fully saturated rings. The molecule has 1 aromatic carbocycles. The fraction of sp³-hybridized carbons (Fsp3) is 0.562. The van der Waals surface area contributed by atoms with Crippen molar-refractivity contribution in [2.75, 3.05) is 12.3 Å². The molecule has 1 aromatic rings. The van der Waals surface area contributed by atoms with Gasteiger partial charge < -0.3 is 5.73 Å². The fourth-order valence-electron chi connectivity index (χ4n) is 1.90. The van der Waals surface area contributed by atoms with Gasteiger partial charge in [0.25, 0.3) is 0 Å². The lowest BCUT2D eigenvalue weighted by molar-refractivity contribution is 0.191. The molecular weight excluding hydrogens is 234 g/mol. The number of nitrogens with two attached hydrogens (primary N) is 1. The molecular formula is C16H25N3. The highest BCUT2D eigenvalue weighted by Crippen LogP contribution is 2.21. The van der Waals surface area contributed by atoms with Crippen LogP contribution in [0.5, 0.6) is 0 Å². The maximum absolute atomic E-state index is 9.09. The van der Waals surface area contributed by atoms with Gasteiger partial charge in [0.1, 0.15) is 0 Å². The zero-order chi connectivity index (χ0) is 14.5. The van der Waals surface area contributed by atoms with Crippen LogP contribution in [0.3, 0.4) is 0 Å². The van der Waals surface area contributed by atoms with E-state index in [1.165, 1.54) is 0 Å². The van der Waals surface area contributed by atoms with E-state index >= 15 is 0 Å². The summed E-state index contributed by atoms with van der Waals surface area (Å²) >= 11 is 0. The minimum absolute atomic E-state index is 0.268. The van der Waals surface area contributed by atoms with E-state index in [0.717, 1.165) is 30.8 Å². The number of hydrogen-bond acceptors (Lipinski definition) is 3. The van der Waals surface area contributed by atoms with Crippen molar-refractivity contribution in [1.29, 1.82) is 5.26 Å². The molecule has 0 bridgehead atoms. The minimum atomic E-state index is -0.268. The third-order valence-electron chi connectivity index (χ3n) is 3.49. The Labute approximate surface area is 117 Å². The van der Waals surface area contributed by atoms with E-state index in [4.69, 9.17) is 11.0 Å². The molecule has 3 nitrogen and oxygen atoms in total. The Kier molecular flexibility index (Phi) is 5.38.